The predicted molar refractivity (Wildman–Crippen MR) is 41.9 cm³/mol. The van der Waals surface area contributed by atoms with Gasteiger partial charge in [0, 0.05) is 5.33 Å². The van der Waals surface area contributed by atoms with E-state index in [1.54, 1.807) is 0 Å². The number of hydrogen-bond acceptors (Lipinski definition) is 1. The Kier molecular flexibility index (Phi) is 30.2. The van der Waals surface area contributed by atoms with Crippen LogP contribution < -0.4 is 0 Å². The molecule has 0 amide bonds. The van der Waals surface area contributed by atoms with Gasteiger partial charge in [0.1, 0.15) is 0 Å². The fourth-order valence-electron chi connectivity index (χ4n) is 0. The fourth-order valence-corrected chi connectivity index (χ4v) is 0. The molecule has 0 aromatic carbocycles. The van der Waals surface area contributed by atoms with Crippen LogP contribution in [0.25, 0.3) is 0 Å². The van der Waals surface area contributed by atoms with Crippen molar-refractivity contribution in [3.05, 3.63) is 0 Å². The molecular weight excluding hydrogens is 215 g/mol. The Labute approximate surface area is 105 Å². The molecule has 0 aromatic heterocycles. The molecule has 0 aliphatic heterocycles. The first-order valence-corrected chi connectivity index (χ1v) is 3.25. The monoisotopic (exact) mass is 224 g/mol. The zero-order valence-corrected chi connectivity index (χ0v) is 6.18. The van der Waals surface area contributed by atoms with E-state index in [1.165, 1.54) is 6.42 Å². The maximum atomic E-state index is 8.56. The standard InChI is InChI=1S/C3H7Br.CH2O3.K.H/c1-2-3-4;2-1(3)4;;/h2-3H2,1H3;(H2,2,3,4);;. The second-order valence-corrected chi connectivity index (χ2v) is 1.76. The van der Waals surface area contributed by atoms with Gasteiger partial charge in [-0.1, -0.05) is 22.9 Å². The van der Waals surface area contributed by atoms with Gasteiger partial charge in [0.25, 0.3) is 0 Å². The maximum absolute atomic E-state index is 8.56. The van der Waals surface area contributed by atoms with Gasteiger partial charge in [0.15, 0.2) is 0 Å². The van der Waals surface area contributed by atoms with Crippen LogP contribution in [0.15, 0.2) is 0 Å². The summed E-state index contributed by atoms with van der Waals surface area (Å²) in [5.74, 6) is 0. The second kappa shape index (κ2) is 16.2. The Balaban J connectivity index is -0.0000000720. The number of hydrogen-bond donors (Lipinski definition) is 2. The number of alkyl halides is 1. The summed E-state index contributed by atoms with van der Waals surface area (Å²) in [5.41, 5.74) is 0. The second-order valence-electron chi connectivity index (χ2n) is 0.972. The fraction of sp³-hybridized carbons (Fsp3) is 0.750. The van der Waals surface area contributed by atoms with Gasteiger partial charge in [-0.3, -0.25) is 0 Å². The van der Waals surface area contributed by atoms with Crippen molar-refractivity contribution in [1.82, 2.24) is 0 Å². The molecule has 0 bridgehead atoms. The first-order chi connectivity index (χ1) is 3.65. The van der Waals surface area contributed by atoms with Crippen molar-refractivity contribution in [2.75, 3.05) is 5.33 Å². The van der Waals surface area contributed by atoms with E-state index in [4.69, 9.17) is 15.0 Å². The van der Waals surface area contributed by atoms with E-state index in [0.29, 0.717) is 0 Å². The van der Waals surface area contributed by atoms with E-state index < -0.39 is 6.16 Å². The Hall–Kier alpha value is 1.39. The van der Waals surface area contributed by atoms with Gasteiger partial charge in [-0.15, -0.1) is 0 Å². The Bertz CT molecular complexity index is 53.8. The van der Waals surface area contributed by atoms with Crippen molar-refractivity contribution in [3.63, 3.8) is 0 Å². The Morgan fingerprint density at radius 3 is 1.67 bits per heavy atom. The molecule has 0 rings (SSSR count). The summed E-state index contributed by atoms with van der Waals surface area (Å²) in [7, 11) is 0. The van der Waals surface area contributed by atoms with E-state index in [1.807, 2.05) is 0 Å². The third-order valence-electron chi connectivity index (χ3n) is 0.189. The van der Waals surface area contributed by atoms with Crippen molar-refractivity contribution >= 4 is 73.5 Å². The molecule has 0 atom stereocenters. The van der Waals surface area contributed by atoms with Crippen LogP contribution in [0, 0.1) is 0 Å². The third kappa shape index (κ3) is 89.9. The molecule has 5 heteroatoms. The average molecular weight is 225 g/mol. The summed E-state index contributed by atoms with van der Waals surface area (Å²) in [6.45, 7) is 2.13. The number of carbonyl (C=O) groups is 1. The van der Waals surface area contributed by atoms with Crippen molar-refractivity contribution in [2.45, 2.75) is 13.3 Å². The van der Waals surface area contributed by atoms with Gasteiger partial charge in [-0.2, -0.15) is 0 Å². The number of carboxylic acid groups (broad SMARTS) is 2. The normalized spacial score (nSPS) is 6.00. The molecule has 0 unspecified atom stereocenters. The molecule has 0 saturated heterocycles. The van der Waals surface area contributed by atoms with Crippen molar-refractivity contribution in [1.29, 1.82) is 0 Å². The molecule has 0 radical (unpaired) electrons. The van der Waals surface area contributed by atoms with E-state index in [2.05, 4.69) is 22.9 Å². The van der Waals surface area contributed by atoms with Crippen LogP contribution in [0.2, 0.25) is 0 Å². The molecule has 0 fully saturated rings. The van der Waals surface area contributed by atoms with Crippen LogP contribution in [0.4, 0.5) is 4.79 Å². The Morgan fingerprint density at radius 2 is 1.67 bits per heavy atom. The zero-order chi connectivity index (χ0) is 6.99. The SMILES string of the molecule is CCCBr.O=C(O)O.[KH]. The van der Waals surface area contributed by atoms with E-state index in [0.717, 1.165) is 5.33 Å². The zero-order valence-electron chi connectivity index (χ0n) is 4.59. The Morgan fingerprint density at radius 1 is 1.56 bits per heavy atom. The van der Waals surface area contributed by atoms with E-state index in [9.17, 15) is 0 Å². The summed E-state index contributed by atoms with van der Waals surface area (Å²) in [4.78, 5) is 8.56. The average Bonchev–Trinajstić information content (AvgIpc) is 1.65. The first-order valence-electron chi connectivity index (χ1n) is 2.13. The molecule has 0 aliphatic carbocycles. The summed E-state index contributed by atoms with van der Waals surface area (Å²) in [6, 6.07) is 0. The van der Waals surface area contributed by atoms with Gasteiger partial charge in [0.2, 0.25) is 0 Å². The molecular formula is C4H10BrKO3. The first kappa shape index (κ1) is 16.8. The molecule has 2 N–H and O–H groups in total. The molecule has 0 aliphatic rings. The molecule has 0 heterocycles. The summed E-state index contributed by atoms with van der Waals surface area (Å²) in [6.07, 6.45) is -0.597. The molecule has 0 saturated carbocycles. The molecule has 3 nitrogen and oxygen atoms in total. The van der Waals surface area contributed by atoms with Gasteiger partial charge in [0.05, 0.1) is 0 Å². The minimum atomic E-state index is -1.83. The molecule has 9 heavy (non-hydrogen) atoms. The molecule has 0 aromatic rings. The predicted octanol–water partition coefficient (Wildman–Crippen LogP) is 1.37. The quantitative estimate of drug-likeness (QED) is 0.523. The van der Waals surface area contributed by atoms with Crippen LogP contribution >= 0.6 is 15.9 Å². The van der Waals surface area contributed by atoms with Crippen molar-refractivity contribution in [2.24, 2.45) is 0 Å². The van der Waals surface area contributed by atoms with Crippen molar-refractivity contribution in [3.8, 4) is 0 Å². The van der Waals surface area contributed by atoms with Gasteiger partial charge in [-0.05, 0) is 6.42 Å². The van der Waals surface area contributed by atoms with Crippen molar-refractivity contribution < 1.29 is 15.0 Å². The molecule has 52 valence electrons. The minimum absolute atomic E-state index is 0. The summed E-state index contributed by atoms with van der Waals surface area (Å²) < 4.78 is 0. The third-order valence-corrected chi connectivity index (χ3v) is 0.982. The summed E-state index contributed by atoms with van der Waals surface area (Å²) >= 11 is 3.25. The van der Waals surface area contributed by atoms with E-state index in [-0.39, 0.29) is 51.4 Å². The number of rotatable bonds is 1. The number of halogens is 1. The van der Waals surface area contributed by atoms with Crippen LogP contribution in [0.1, 0.15) is 13.3 Å². The van der Waals surface area contributed by atoms with Crippen LogP contribution in [0.3, 0.4) is 0 Å². The van der Waals surface area contributed by atoms with Crippen LogP contribution in [0.5, 0.6) is 0 Å². The van der Waals surface area contributed by atoms with Gasteiger partial charge < -0.3 is 10.2 Å². The van der Waals surface area contributed by atoms with Crippen LogP contribution in [-0.4, -0.2) is 73.1 Å². The van der Waals surface area contributed by atoms with Gasteiger partial charge in [-0.25, -0.2) is 4.79 Å². The summed E-state index contributed by atoms with van der Waals surface area (Å²) in [5, 5.41) is 15.1. The van der Waals surface area contributed by atoms with E-state index >= 15 is 0 Å². The van der Waals surface area contributed by atoms with Gasteiger partial charge >= 0.3 is 57.5 Å². The topological polar surface area (TPSA) is 57.5 Å². The molecule has 0 spiro atoms. The van der Waals surface area contributed by atoms with Crippen LogP contribution in [-0.2, 0) is 0 Å².